The summed E-state index contributed by atoms with van der Waals surface area (Å²) in [6.07, 6.45) is 3.41. The second kappa shape index (κ2) is 8.24. The Morgan fingerprint density at radius 3 is 2.58 bits per heavy atom. The number of hydrogen-bond acceptors (Lipinski definition) is 4. The summed E-state index contributed by atoms with van der Waals surface area (Å²) in [7, 11) is 0. The minimum absolute atomic E-state index is 0.147. The fraction of sp³-hybridized carbons (Fsp3) is 0.353. The summed E-state index contributed by atoms with van der Waals surface area (Å²) >= 11 is 0. The Hall–Kier alpha value is -2.70. The molecule has 2 rings (SSSR count). The van der Waals surface area contributed by atoms with Crippen LogP contribution in [0.5, 0.6) is 0 Å². The Morgan fingerprint density at radius 1 is 1.29 bits per heavy atom. The molecule has 0 bridgehead atoms. The van der Waals surface area contributed by atoms with Gasteiger partial charge in [0.25, 0.3) is 5.91 Å². The molecule has 0 spiro atoms. The van der Waals surface area contributed by atoms with Crippen LogP contribution in [0.4, 0.5) is 4.39 Å². The van der Waals surface area contributed by atoms with E-state index in [-0.39, 0.29) is 18.1 Å². The second-order valence-electron chi connectivity index (χ2n) is 5.64. The van der Waals surface area contributed by atoms with Gasteiger partial charge in [0.2, 0.25) is 0 Å². The highest BCUT2D eigenvalue weighted by atomic mass is 19.1. The van der Waals surface area contributed by atoms with E-state index in [0.717, 1.165) is 0 Å². The maximum absolute atomic E-state index is 12.9. The van der Waals surface area contributed by atoms with Gasteiger partial charge in [-0.2, -0.15) is 5.10 Å². The number of halogens is 1. The first-order chi connectivity index (χ1) is 11.5. The van der Waals surface area contributed by atoms with Gasteiger partial charge in [-0.05, 0) is 36.2 Å². The van der Waals surface area contributed by atoms with E-state index in [1.54, 1.807) is 23.1 Å². The molecule has 0 aliphatic carbocycles. The Balaban J connectivity index is 1.91. The van der Waals surface area contributed by atoms with Gasteiger partial charge in [0.1, 0.15) is 18.5 Å². The summed E-state index contributed by atoms with van der Waals surface area (Å²) in [5, 5.41) is 6.65. The molecule has 0 saturated carbocycles. The lowest BCUT2D eigenvalue weighted by molar-refractivity contribution is -0.147. The van der Waals surface area contributed by atoms with E-state index in [1.807, 2.05) is 13.8 Å². The fourth-order valence-corrected chi connectivity index (χ4v) is 2.09. The number of carbonyl (C=O) groups is 2. The molecule has 1 aromatic carbocycles. The number of esters is 1. The van der Waals surface area contributed by atoms with Crippen LogP contribution in [0.25, 0.3) is 0 Å². The summed E-state index contributed by atoms with van der Waals surface area (Å²) in [4.78, 5) is 24.4. The number of carbonyl (C=O) groups excluding carboxylic acids is 2. The monoisotopic (exact) mass is 333 g/mol. The molecule has 1 amide bonds. The van der Waals surface area contributed by atoms with E-state index in [0.29, 0.717) is 6.54 Å². The molecule has 1 aromatic heterocycles. The summed E-state index contributed by atoms with van der Waals surface area (Å²) < 4.78 is 19.8. The van der Waals surface area contributed by atoms with Crippen LogP contribution in [0.15, 0.2) is 42.7 Å². The maximum atomic E-state index is 12.9. The van der Waals surface area contributed by atoms with Crippen molar-refractivity contribution in [3.8, 4) is 0 Å². The first-order valence-corrected chi connectivity index (χ1v) is 7.68. The molecule has 128 valence electrons. The van der Waals surface area contributed by atoms with Gasteiger partial charge in [-0.3, -0.25) is 9.48 Å². The van der Waals surface area contributed by atoms with Crippen LogP contribution in [0.1, 0.15) is 24.2 Å². The molecule has 1 N–H and O–H groups in total. The number of nitrogens with zero attached hydrogens (tertiary/aromatic N) is 2. The number of amides is 1. The molecule has 1 heterocycles. The average molecular weight is 333 g/mol. The van der Waals surface area contributed by atoms with Crippen LogP contribution in [-0.4, -0.2) is 34.3 Å². The normalized spacial score (nSPS) is 12.0. The van der Waals surface area contributed by atoms with Crippen LogP contribution >= 0.6 is 0 Å². The van der Waals surface area contributed by atoms with Crippen molar-refractivity contribution in [2.24, 2.45) is 5.92 Å². The van der Waals surface area contributed by atoms with Crippen molar-refractivity contribution in [3.05, 3.63) is 54.1 Å². The number of nitrogens with one attached hydrogen (secondary N) is 1. The largest absolute Gasteiger partial charge is 0.462 e. The molecule has 0 saturated heterocycles. The van der Waals surface area contributed by atoms with Crippen LogP contribution in [0, 0.1) is 11.7 Å². The third-order valence-electron chi connectivity index (χ3n) is 3.44. The first-order valence-electron chi connectivity index (χ1n) is 7.68. The summed E-state index contributed by atoms with van der Waals surface area (Å²) in [6, 6.07) is 6.13. The van der Waals surface area contributed by atoms with Crippen molar-refractivity contribution in [2.75, 3.05) is 6.61 Å². The summed E-state index contributed by atoms with van der Waals surface area (Å²) in [6.45, 7) is 4.22. The molecule has 24 heavy (non-hydrogen) atoms. The number of ether oxygens (including phenoxy) is 1. The quantitative estimate of drug-likeness (QED) is 0.787. The molecule has 0 radical (unpaired) electrons. The van der Waals surface area contributed by atoms with Crippen LogP contribution < -0.4 is 5.32 Å². The molecular formula is C17H20FN3O3. The van der Waals surface area contributed by atoms with Crippen molar-refractivity contribution in [3.63, 3.8) is 0 Å². The van der Waals surface area contributed by atoms with E-state index >= 15 is 0 Å². The molecular weight excluding hydrogens is 313 g/mol. The standard InChI is InChI=1S/C17H20FN3O3/c1-12(2)15(17(23)24-11-10-21-9-3-8-19-21)20-16(22)13-4-6-14(18)7-5-13/h3-9,12,15H,10-11H2,1-2H3,(H,20,22). The number of rotatable bonds is 7. The van der Waals surface area contributed by atoms with E-state index in [2.05, 4.69) is 10.4 Å². The van der Waals surface area contributed by atoms with Gasteiger partial charge >= 0.3 is 5.97 Å². The minimum Gasteiger partial charge on any atom is -0.462 e. The maximum Gasteiger partial charge on any atom is 0.328 e. The molecule has 0 aliphatic rings. The minimum atomic E-state index is -0.778. The Kier molecular flexibility index (Phi) is 6.06. The Bertz CT molecular complexity index is 669. The third kappa shape index (κ3) is 4.91. The van der Waals surface area contributed by atoms with Gasteiger partial charge in [0.05, 0.1) is 6.54 Å². The first kappa shape index (κ1) is 17.7. The van der Waals surface area contributed by atoms with Crippen LogP contribution in [-0.2, 0) is 16.1 Å². The molecule has 0 aliphatic heterocycles. The molecule has 6 nitrogen and oxygen atoms in total. The molecule has 1 atom stereocenters. The average Bonchev–Trinajstić information content (AvgIpc) is 3.06. The molecule has 2 aromatic rings. The second-order valence-corrected chi connectivity index (χ2v) is 5.64. The Labute approximate surface area is 139 Å². The van der Waals surface area contributed by atoms with Crippen molar-refractivity contribution in [1.82, 2.24) is 15.1 Å². The predicted octanol–water partition coefficient (Wildman–Crippen LogP) is 2.02. The predicted molar refractivity (Wildman–Crippen MR) is 85.7 cm³/mol. The van der Waals surface area contributed by atoms with E-state index < -0.39 is 23.7 Å². The van der Waals surface area contributed by atoms with E-state index in [4.69, 9.17) is 4.74 Å². The SMILES string of the molecule is CC(C)C(NC(=O)c1ccc(F)cc1)C(=O)OCCn1cccn1. The zero-order valence-electron chi connectivity index (χ0n) is 13.6. The van der Waals surface area contributed by atoms with E-state index in [1.165, 1.54) is 24.3 Å². The number of aromatic nitrogens is 2. The Morgan fingerprint density at radius 2 is 2.00 bits per heavy atom. The smallest absolute Gasteiger partial charge is 0.328 e. The highest BCUT2D eigenvalue weighted by Crippen LogP contribution is 2.08. The lowest BCUT2D eigenvalue weighted by Gasteiger charge is -2.21. The van der Waals surface area contributed by atoms with E-state index in [9.17, 15) is 14.0 Å². The van der Waals surface area contributed by atoms with Crippen molar-refractivity contribution >= 4 is 11.9 Å². The summed E-state index contributed by atoms with van der Waals surface area (Å²) in [5.74, 6) is -1.53. The van der Waals surface area contributed by atoms with Crippen molar-refractivity contribution in [1.29, 1.82) is 0 Å². The number of hydrogen-bond donors (Lipinski definition) is 1. The zero-order chi connectivity index (χ0) is 17.5. The summed E-state index contributed by atoms with van der Waals surface area (Å²) in [5.41, 5.74) is 0.284. The van der Waals surface area contributed by atoms with Crippen molar-refractivity contribution < 1.29 is 18.7 Å². The van der Waals surface area contributed by atoms with Crippen molar-refractivity contribution in [2.45, 2.75) is 26.4 Å². The number of benzene rings is 1. The lowest BCUT2D eigenvalue weighted by atomic mass is 10.0. The van der Waals surface area contributed by atoms with Gasteiger partial charge < -0.3 is 10.1 Å². The van der Waals surface area contributed by atoms with Gasteiger partial charge in [-0.1, -0.05) is 13.8 Å². The highest BCUT2D eigenvalue weighted by molar-refractivity contribution is 5.96. The molecule has 0 fully saturated rings. The highest BCUT2D eigenvalue weighted by Gasteiger charge is 2.26. The fourth-order valence-electron chi connectivity index (χ4n) is 2.09. The van der Waals surface area contributed by atoms with Gasteiger partial charge in [0.15, 0.2) is 0 Å². The van der Waals surface area contributed by atoms with Crippen LogP contribution in [0.2, 0.25) is 0 Å². The van der Waals surface area contributed by atoms with Gasteiger partial charge in [-0.15, -0.1) is 0 Å². The lowest BCUT2D eigenvalue weighted by Crippen LogP contribution is -2.45. The third-order valence-corrected chi connectivity index (χ3v) is 3.44. The van der Waals surface area contributed by atoms with Gasteiger partial charge in [0, 0.05) is 18.0 Å². The van der Waals surface area contributed by atoms with Gasteiger partial charge in [-0.25, -0.2) is 9.18 Å². The molecule has 7 heteroatoms. The van der Waals surface area contributed by atoms with Crippen LogP contribution in [0.3, 0.4) is 0 Å². The zero-order valence-corrected chi connectivity index (χ0v) is 13.6. The molecule has 1 unspecified atom stereocenters. The topological polar surface area (TPSA) is 73.2 Å².